The zero-order valence-electron chi connectivity index (χ0n) is 8.57. The van der Waals surface area contributed by atoms with E-state index in [1.807, 2.05) is 0 Å². The van der Waals surface area contributed by atoms with E-state index in [0.717, 1.165) is 12.1 Å². The fraction of sp³-hybridized carbons (Fsp3) is 0.333. The molecule has 0 amide bonds. The molecule has 2 rings (SSSR count). The first-order chi connectivity index (χ1) is 8.08. The maximum absolute atomic E-state index is 10.7. The molecule has 0 aromatic heterocycles. The number of rotatable bonds is 5. The highest BCUT2D eigenvalue weighted by molar-refractivity contribution is 5.53. The van der Waals surface area contributed by atoms with Crippen LogP contribution in [0.5, 0.6) is 5.75 Å². The molecular weight excluding hydrogens is 232 g/mol. The molecule has 0 N–H and O–H groups in total. The SMILES string of the molecule is O=[N+]([O-])c1ccc(OC[C@H]2CO2)c([N+](=O)[O-])c1. The van der Waals surface area contributed by atoms with Crippen molar-refractivity contribution in [3.05, 3.63) is 38.4 Å². The molecule has 0 saturated carbocycles. The highest BCUT2D eigenvalue weighted by Crippen LogP contribution is 2.31. The van der Waals surface area contributed by atoms with E-state index in [9.17, 15) is 20.2 Å². The number of non-ortho nitro benzene ring substituents is 1. The van der Waals surface area contributed by atoms with Crippen molar-refractivity contribution in [1.29, 1.82) is 0 Å². The van der Waals surface area contributed by atoms with Crippen LogP contribution in [0.1, 0.15) is 0 Å². The van der Waals surface area contributed by atoms with Gasteiger partial charge in [-0.2, -0.15) is 0 Å². The molecule has 0 unspecified atom stereocenters. The Bertz CT molecular complexity index is 471. The minimum atomic E-state index is -0.712. The Morgan fingerprint density at radius 3 is 2.59 bits per heavy atom. The second-order valence-corrected chi connectivity index (χ2v) is 3.43. The van der Waals surface area contributed by atoms with Crippen LogP contribution in [-0.2, 0) is 4.74 Å². The Morgan fingerprint density at radius 1 is 1.35 bits per heavy atom. The summed E-state index contributed by atoms with van der Waals surface area (Å²) < 4.78 is 10.1. The van der Waals surface area contributed by atoms with Gasteiger partial charge in [-0.1, -0.05) is 0 Å². The van der Waals surface area contributed by atoms with Crippen molar-refractivity contribution in [2.75, 3.05) is 13.2 Å². The molecule has 1 heterocycles. The van der Waals surface area contributed by atoms with Gasteiger partial charge < -0.3 is 9.47 Å². The Balaban J connectivity index is 2.23. The second kappa shape index (κ2) is 4.34. The summed E-state index contributed by atoms with van der Waals surface area (Å²) >= 11 is 0. The van der Waals surface area contributed by atoms with Gasteiger partial charge in [-0.25, -0.2) is 0 Å². The van der Waals surface area contributed by atoms with E-state index in [-0.39, 0.29) is 24.1 Å². The van der Waals surface area contributed by atoms with Crippen LogP contribution in [0, 0.1) is 20.2 Å². The highest BCUT2D eigenvalue weighted by Gasteiger charge is 2.26. The van der Waals surface area contributed by atoms with Gasteiger partial charge in [0.15, 0.2) is 5.75 Å². The molecule has 1 aromatic carbocycles. The van der Waals surface area contributed by atoms with Crippen LogP contribution in [0.25, 0.3) is 0 Å². The summed E-state index contributed by atoms with van der Waals surface area (Å²) in [6.45, 7) is 0.777. The lowest BCUT2D eigenvalue weighted by molar-refractivity contribution is -0.394. The molecule has 90 valence electrons. The fourth-order valence-electron chi connectivity index (χ4n) is 1.23. The summed E-state index contributed by atoms with van der Waals surface area (Å²) in [5.74, 6) is 0.0103. The molecule has 0 bridgehead atoms. The molecule has 1 atom stereocenters. The number of nitro benzene ring substituents is 2. The van der Waals surface area contributed by atoms with E-state index in [0.29, 0.717) is 6.61 Å². The Labute approximate surface area is 95.1 Å². The van der Waals surface area contributed by atoms with Crippen LogP contribution in [0.2, 0.25) is 0 Å². The van der Waals surface area contributed by atoms with E-state index < -0.39 is 15.5 Å². The third-order valence-electron chi connectivity index (χ3n) is 2.18. The zero-order valence-corrected chi connectivity index (χ0v) is 8.57. The first-order valence-corrected chi connectivity index (χ1v) is 4.75. The number of nitro groups is 2. The molecule has 0 spiro atoms. The predicted molar refractivity (Wildman–Crippen MR) is 55.0 cm³/mol. The van der Waals surface area contributed by atoms with Crippen molar-refractivity contribution < 1.29 is 19.3 Å². The van der Waals surface area contributed by atoms with E-state index in [1.54, 1.807) is 0 Å². The van der Waals surface area contributed by atoms with Gasteiger partial charge in [0.05, 0.1) is 22.5 Å². The van der Waals surface area contributed by atoms with Crippen molar-refractivity contribution in [2.45, 2.75) is 6.10 Å². The smallest absolute Gasteiger partial charge is 0.317 e. The summed E-state index contributed by atoms with van der Waals surface area (Å²) in [4.78, 5) is 19.8. The first-order valence-electron chi connectivity index (χ1n) is 4.75. The van der Waals surface area contributed by atoms with Crippen LogP contribution in [0.3, 0.4) is 0 Å². The quantitative estimate of drug-likeness (QED) is 0.435. The van der Waals surface area contributed by atoms with Crippen molar-refractivity contribution in [1.82, 2.24) is 0 Å². The van der Waals surface area contributed by atoms with Crippen LogP contribution in [-0.4, -0.2) is 29.2 Å². The number of ether oxygens (including phenoxy) is 2. The number of nitrogens with zero attached hydrogens (tertiary/aromatic N) is 2. The van der Waals surface area contributed by atoms with Crippen molar-refractivity contribution in [3.8, 4) is 5.75 Å². The lowest BCUT2D eigenvalue weighted by Crippen LogP contribution is -2.06. The minimum absolute atomic E-state index is 0.0103. The average molecular weight is 240 g/mol. The molecule has 1 saturated heterocycles. The fourth-order valence-corrected chi connectivity index (χ4v) is 1.23. The molecule has 0 radical (unpaired) electrons. The Hall–Kier alpha value is -2.22. The maximum atomic E-state index is 10.7. The van der Waals surface area contributed by atoms with Gasteiger partial charge in [0.25, 0.3) is 5.69 Å². The van der Waals surface area contributed by atoms with Crippen LogP contribution >= 0.6 is 0 Å². The Morgan fingerprint density at radius 2 is 2.06 bits per heavy atom. The lowest BCUT2D eigenvalue weighted by Gasteiger charge is -2.04. The molecule has 0 aliphatic carbocycles. The second-order valence-electron chi connectivity index (χ2n) is 3.43. The van der Waals surface area contributed by atoms with E-state index in [4.69, 9.17) is 9.47 Å². The molecular formula is C9H8N2O6. The van der Waals surface area contributed by atoms with Crippen LogP contribution < -0.4 is 4.74 Å². The minimum Gasteiger partial charge on any atom is -0.484 e. The van der Waals surface area contributed by atoms with Gasteiger partial charge in [0, 0.05) is 6.07 Å². The van der Waals surface area contributed by atoms with Crippen molar-refractivity contribution in [2.24, 2.45) is 0 Å². The number of epoxide rings is 1. The van der Waals surface area contributed by atoms with Gasteiger partial charge in [0.2, 0.25) is 0 Å². The van der Waals surface area contributed by atoms with E-state index in [2.05, 4.69) is 0 Å². The monoisotopic (exact) mass is 240 g/mol. The first kappa shape index (κ1) is 11.3. The number of benzene rings is 1. The summed E-state index contributed by atoms with van der Waals surface area (Å²) in [6.07, 6.45) is -0.0372. The van der Waals surface area contributed by atoms with Gasteiger partial charge in [-0.3, -0.25) is 20.2 Å². The molecule has 8 heteroatoms. The third kappa shape index (κ3) is 2.67. The number of hydrogen-bond acceptors (Lipinski definition) is 6. The molecule has 1 fully saturated rings. The Kier molecular flexibility index (Phi) is 2.88. The van der Waals surface area contributed by atoms with Gasteiger partial charge in [-0.05, 0) is 6.07 Å². The molecule has 1 aromatic rings. The standard InChI is InChI=1S/C9H8N2O6/c12-10(13)6-1-2-9(8(3-6)11(14)15)17-5-7-4-16-7/h1-3,7H,4-5H2/t7-/m1/s1. The zero-order chi connectivity index (χ0) is 12.4. The van der Waals surface area contributed by atoms with Crippen LogP contribution in [0.4, 0.5) is 11.4 Å². The average Bonchev–Trinajstić information content (AvgIpc) is 3.09. The topological polar surface area (TPSA) is 108 Å². The van der Waals surface area contributed by atoms with E-state index >= 15 is 0 Å². The summed E-state index contributed by atoms with van der Waals surface area (Å²) in [6, 6.07) is 3.26. The lowest BCUT2D eigenvalue weighted by atomic mass is 10.2. The predicted octanol–water partition coefficient (Wildman–Crippen LogP) is 1.28. The van der Waals surface area contributed by atoms with Crippen LogP contribution in [0.15, 0.2) is 18.2 Å². The van der Waals surface area contributed by atoms with E-state index in [1.165, 1.54) is 6.07 Å². The summed E-state index contributed by atoms with van der Waals surface area (Å²) in [5, 5.41) is 21.2. The van der Waals surface area contributed by atoms with Gasteiger partial charge >= 0.3 is 5.69 Å². The molecule has 1 aliphatic rings. The normalized spacial score (nSPS) is 17.5. The van der Waals surface area contributed by atoms with Gasteiger partial charge in [0.1, 0.15) is 12.7 Å². The molecule has 8 nitrogen and oxygen atoms in total. The van der Waals surface area contributed by atoms with Gasteiger partial charge in [-0.15, -0.1) is 0 Å². The maximum Gasteiger partial charge on any atom is 0.317 e. The third-order valence-corrected chi connectivity index (χ3v) is 2.18. The summed E-state index contributed by atoms with van der Waals surface area (Å²) in [5.41, 5.74) is -0.758. The largest absolute Gasteiger partial charge is 0.484 e. The summed E-state index contributed by atoms with van der Waals surface area (Å²) in [7, 11) is 0. The molecule has 17 heavy (non-hydrogen) atoms. The number of hydrogen-bond donors (Lipinski definition) is 0. The molecule has 1 aliphatic heterocycles. The highest BCUT2D eigenvalue weighted by atomic mass is 16.6. The van der Waals surface area contributed by atoms with Crippen molar-refractivity contribution in [3.63, 3.8) is 0 Å². The van der Waals surface area contributed by atoms with Crippen molar-refractivity contribution >= 4 is 11.4 Å².